The Balaban J connectivity index is 0.00000676. The molecular formula is C19H42IN5O2. The lowest BCUT2D eigenvalue weighted by atomic mass is 10.0. The highest BCUT2D eigenvalue weighted by Gasteiger charge is 2.22. The molecule has 1 heterocycles. The monoisotopic (exact) mass is 499 g/mol. The van der Waals surface area contributed by atoms with Gasteiger partial charge in [0.05, 0.1) is 13.2 Å². The molecule has 0 aromatic rings. The van der Waals surface area contributed by atoms with Gasteiger partial charge in [-0.05, 0) is 25.8 Å². The van der Waals surface area contributed by atoms with E-state index in [2.05, 4.69) is 46.3 Å². The molecule has 0 aromatic carbocycles. The molecule has 1 fully saturated rings. The standard InChI is InChI=1S/C19H41N5O2.HI/c1-17(2)15-18(24-10-13-26-14-11-24)16-22-19(20-3)21-7-9-23(4)8-6-12-25-5;/h17-18H,6-16H2,1-5H3,(H2,20,21,22);1H. The molecule has 1 unspecified atom stereocenters. The summed E-state index contributed by atoms with van der Waals surface area (Å²) in [7, 11) is 5.73. The van der Waals surface area contributed by atoms with E-state index in [9.17, 15) is 0 Å². The molecule has 7 nitrogen and oxygen atoms in total. The van der Waals surface area contributed by atoms with Crippen molar-refractivity contribution in [3.63, 3.8) is 0 Å². The molecule has 0 bridgehead atoms. The lowest BCUT2D eigenvalue weighted by Gasteiger charge is -2.35. The minimum atomic E-state index is 0. The normalized spacial score (nSPS) is 17.1. The van der Waals surface area contributed by atoms with Crippen molar-refractivity contribution in [1.29, 1.82) is 0 Å². The third kappa shape index (κ3) is 12.8. The van der Waals surface area contributed by atoms with Crippen LogP contribution in [0.4, 0.5) is 0 Å². The SMILES string of the molecule is CN=C(NCCN(C)CCCOC)NCC(CC(C)C)N1CCOCC1.I. The first kappa shape index (κ1) is 26.8. The summed E-state index contributed by atoms with van der Waals surface area (Å²) in [5, 5.41) is 6.94. The largest absolute Gasteiger partial charge is 0.385 e. The lowest BCUT2D eigenvalue weighted by molar-refractivity contribution is 0.0132. The van der Waals surface area contributed by atoms with E-state index in [-0.39, 0.29) is 24.0 Å². The Hall–Kier alpha value is -0.160. The van der Waals surface area contributed by atoms with Crippen molar-refractivity contribution in [2.24, 2.45) is 10.9 Å². The van der Waals surface area contributed by atoms with Gasteiger partial charge in [-0.15, -0.1) is 24.0 Å². The molecule has 1 saturated heterocycles. The quantitative estimate of drug-likeness (QED) is 0.184. The zero-order valence-electron chi connectivity index (χ0n) is 18.0. The maximum atomic E-state index is 5.50. The van der Waals surface area contributed by atoms with Crippen LogP contribution in [-0.4, -0.2) is 102 Å². The highest BCUT2D eigenvalue weighted by molar-refractivity contribution is 14.0. The van der Waals surface area contributed by atoms with Crippen LogP contribution < -0.4 is 10.6 Å². The summed E-state index contributed by atoms with van der Waals surface area (Å²) >= 11 is 0. The number of likely N-dealkylation sites (N-methyl/N-ethyl adjacent to an activating group) is 1. The molecule has 1 aliphatic rings. The minimum absolute atomic E-state index is 0. The summed E-state index contributed by atoms with van der Waals surface area (Å²) < 4.78 is 10.6. The smallest absolute Gasteiger partial charge is 0.191 e. The van der Waals surface area contributed by atoms with E-state index < -0.39 is 0 Å². The zero-order valence-corrected chi connectivity index (χ0v) is 20.3. The van der Waals surface area contributed by atoms with Gasteiger partial charge in [0, 0.05) is 66.1 Å². The summed E-state index contributed by atoms with van der Waals surface area (Å²) in [5.74, 6) is 1.57. The van der Waals surface area contributed by atoms with E-state index in [4.69, 9.17) is 9.47 Å². The van der Waals surface area contributed by atoms with Crippen LogP contribution in [0.2, 0.25) is 0 Å². The molecule has 1 rings (SSSR count). The number of morpholine rings is 1. The molecule has 27 heavy (non-hydrogen) atoms. The highest BCUT2D eigenvalue weighted by atomic mass is 127. The summed E-state index contributed by atoms with van der Waals surface area (Å²) in [6.45, 7) is 13.0. The number of hydrogen-bond acceptors (Lipinski definition) is 5. The van der Waals surface area contributed by atoms with Crippen LogP contribution in [0.1, 0.15) is 26.7 Å². The summed E-state index contributed by atoms with van der Waals surface area (Å²) in [5.41, 5.74) is 0. The maximum Gasteiger partial charge on any atom is 0.191 e. The zero-order chi connectivity index (χ0) is 19.2. The summed E-state index contributed by atoms with van der Waals surface area (Å²) in [4.78, 5) is 9.23. The average molecular weight is 499 g/mol. The number of rotatable bonds is 12. The molecule has 2 N–H and O–H groups in total. The van der Waals surface area contributed by atoms with Crippen molar-refractivity contribution in [2.75, 3.05) is 80.3 Å². The number of nitrogens with zero attached hydrogens (tertiary/aromatic N) is 3. The third-order valence-corrected chi connectivity index (χ3v) is 4.71. The molecule has 0 spiro atoms. The van der Waals surface area contributed by atoms with Gasteiger partial charge in [-0.3, -0.25) is 9.89 Å². The van der Waals surface area contributed by atoms with Crippen molar-refractivity contribution >= 4 is 29.9 Å². The molecule has 0 radical (unpaired) electrons. The van der Waals surface area contributed by atoms with Gasteiger partial charge in [-0.25, -0.2) is 0 Å². The van der Waals surface area contributed by atoms with E-state index in [1.807, 2.05) is 7.05 Å². The van der Waals surface area contributed by atoms with Crippen molar-refractivity contribution < 1.29 is 9.47 Å². The third-order valence-electron chi connectivity index (χ3n) is 4.71. The topological polar surface area (TPSA) is 61.4 Å². The van der Waals surface area contributed by atoms with Gasteiger partial charge in [0.15, 0.2) is 5.96 Å². The molecule has 1 aliphatic heterocycles. The van der Waals surface area contributed by atoms with Gasteiger partial charge in [-0.2, -0.15) is 0 Å². The van der Waals surface area contributed by atoms with Crippen LogP contribution in [-0.2, 0) is 9.47 Å². The van der Waals surface area contributed by atoms with Gasteiger partial charge < -0.3 is 25.0 Å². The second kappa shape index (κ2) is 16.8. The number of aliphatic imine (C=N–C) groups is 1. The lowest BCUT2D eigenvalue weighted by Crippen LogP contribution is -2.51. The molecule has 8 heteroatoms. The number of nitrogens with one attached hydrogen (secondary N) is 2. The van der Waals surface area contributed by atoms with Crippen LogP contribution in [0, 0.1) is 5.92 Å². The number of ether oxygens (including phenoxy) is 2. The van der Waals surface area contributed by atoms with Crippen molar-refractivity contribution in [2.45, 2.75) is 32.7 Å². The number of guanidine groups is 1. The molecule has 162 valence electrons. The summed E-state index contributed by atoms with van der Waals surface area (Å²) in [6.07, 6.45) is 2.25. The van der Waals surface area contributed by atoms with Crippen molar-refractivity contribution in [3.05, 3.63) is 0 Å². The Morgan fingerprint density at radius 3 is 2.52 bits per heavy atom. The van der Waals surface area contributed by atoms with Gasteiger partial charge in [0.1, 0.15) is 0 Å². The second-order valence-electron chi connectivity index (χ2n) is 7.46. The number of methoxy groups -OCH3 is 1. The molecule has 1 atom stereocenters. The fourth-order valence-electron chi connectivity index (χ4n) is 3.24. The van der Waals surface area contributed by atoms with Gasteiger partial charge in [0.2, 0.25) is 0 Å². The average Bonchev–Trinajstić information content (AvgIpc) is 2.64. The summed E-state index contributed by atoms with van der Waals surface area (Å²) in [6, 6.07) is 0.522. The van der Waals surface area contributed by atoms with Gasteiger partial charge in [-0.1, -0.05) is 13.8 Å². The van der Waals surface area contributed by atoms with Crippen LogP contribution >= 0.6 is 24.0 Å². The van der Waals surface area contributed by atoms with Gasteiger partial charge in [0.25, 0.3) is 0 Å². The molecule has 0 amide bonds. The van der Waals surface area contributed by atoms with Crippen LogP contribution in [0.15, 0.2) is 4.99 Å². The van der Waals surface area contributed by atoms with Crippen molar-refractivity contribution in [1.82, 2.24) is 20.4 Å². The first-order valence-electron chi connectivity index (χ1n) is 10.0. The van der Waals surface area contributed by atoms with E-state index in [1.54, 1.807) is 7.11 Å². The predicted molar refractivity (Wildman–Crippen MR) is 124 cm³/mol. The second-order valence-corrected chi connectivity index (χ2v) is 7.46. The van der Waals surface area contributed by atoms with E-state index in [0.29, 0.717) is 12.0 Å². The maximum absolute atomic E-state index is 5.50. The first-order valence-corrected chi connectivity index (χ1v) is 10.0. The van der Waals surface area contributed by atoms with Crippen LogP contribution in [0.3, 0.4) is 0 Å². The van der Waals surface area contributed by atoms with Gasteiger partial charge >= 0.3 is 0 Å². The Morgan fingerprint density at radius 2 is 1.93 bits per heavy atom. The highest BCUT2D eigenvalue weighted by Crippen LogP contribution is 2.12. The van der Waals surface area contributed by atoms with E-state index in [1.165, 1.54) is 6.42 Å². The number of hydrogen-bond donors (Lipinski definition) is 2. The molecule has 0 aliphatic carbocycles. The Morgan fingerprint density at radius 1 is 1.22 bits per heavy atom. The number of halogens is 1. The fraction of sp³-hybridized carbons (Fsp3) is 0.947. The Bertz CT molecular complexity index is 379. The van der Waals surface area contributed by atoms with Crippen LogP contribution in [0.5, 0.6) is 0 Å². The molecular weight excluding hydrogens is 457 g/mol. The predicted octanol–water partition coefficient (Wildman–Crippen LogP) is 1.48. The Labute approximate surface area is 183 Å². The van der Waals surface area contributed by atoms with Crippen molar-refractivity contribution in [3.8, 4) is 0 Å². The molecule has 0 aromatic heterocycles. The Kier molecular flexibility index (Phi) is 16.7. The first-order chi connectivity index (χ1) is 12.6. The fourth-order valence-corrected chi connectivity index (χ4v) is 3.24. The van der Waals surface area contributed by atoms with E-state index >= 15 is 0 Å². The molecule has 0 saturated carbocycles. The minimum Gasteiger partial charge on any atom is -0.385 e. The van der Waals surface area contributed by atoms with Crippen LogP contribution in [0.25, 0.3) is 0 Å². The van der Waals surface area contributed by atoms with E-state index in [0.717, 1.165) is 71.5 Å².